The van der Waals surface area contributed by atoms with E-state index in [0.717, 1.165) is 17.1 Å². The quantitative estimate of drug-likeness (QED) is 0.903. The number of aryl methyl sites for hydroxylation is 1. The van der Waals surface area contributed by atoms with E-state index in [1.807, 2.05) is 24.5 Å². The fourth-order valence-corrected chi connectivity index (χ4v) is 2.31. The second kappa shape index (κ2) is 4.89. The number of alkyl halides is 3. The van der Waals surface area contributed by atoms with Gasteiger partial charge in [0.1, 0.15) is 0 Å². The van der Waals surface area contributed by atoms with E-state index < -0.39 is 11.7 Å². The minimum Gasteiger partial charge on any atom is -0.396 e. The fraction of sp³-hybridized carbons (Fsp3) is 0.429. The van der Waals surface area contributed by atoms with Crippen molar-refractivity contribution in [1.29, 1.82) is 0 Å². The molecule has 1 atom stereocenters. The summed E-state index contributed by atoms with van der Waals surface area (Å²) in [6.07, 6.45) is -4.33. The van der Waals surface area contributed by atoms with Crippen molar-refractivity contribution in [2.45, 2.75) is 32.5 Å². The maximum Gasteiger partial charge on any atom is 0.416 e. The standard InChI is InChI=1S/C14H16F3NO/c1-3-18-12(9(2)8-19)6-10-4-5-11(7-13(10)18)14(15,16)17/h4-7,9,19H,3,8H2,1-2H3. The highest BCUT2D eigenvalue weighted by Gasteiger charge is 2.31. The molecule has 0 aliphatic heterocycles. The summed E-state index contributed by atoms with van der Waals surface area (Å²) < 4.78 is 40.0. The van der Waals surface area contributed by atoms with Crippen LogP contribution in [0.25, 0.3) is 10.9 Å². The Labute approximate surface area is 109 Å². The molecule has 19 heavy (non-hydrogen) atoms. The van der Waals surface area contributed by atoms with Gasteiger partial charge in [0.25, 0.3) is 0 Å². The van der Waals surface area contributed by atoms with Crippen LogP contribution in [0, 0.1) is 0 Å². The van der Waals surface area contributed by atoms with Gasteiger partial charge >= 0.3 is 6.18 Å². The predicted octanol–water partition coefficient (Wildman–Crippen LogP) is 3.78. The molecule has 104 valence electrons. The van der Waals surface area contributed by atoms with Crippen molar-refractivity contribution >= 4 is 10.9 Å². The zero-order chi connectivity index (χ0) is 14.2. The maximum atomic E-state index is 12.7. The molecule has 2 aromatic rings. The van der Waals surface area contributed by atoms with Crippen molar-refractivity contribution in [3.63, 3.8) is 0 Å². The predicted molar refractivity (Wildman–Crippen MR) is 68.1 cm³/mol. The number of nitrogens with zero attached hydrogens (tertiary/aromatic N) is 1. The molecule has 1 unspecified atom stereocenters. The third kappa shape index (κ3) is 2.47. The van der Waals surface area contributed by atoms with Gasteiger partial charge in [0.15, 0.2) is 0 Å². The first-order valence-corrected chi connectivity index (χ1v) is 6.19. The first kappa shape index (κ1) is 13.9. The maximum absolute atomic E-state index is 12.7. The number of hydrogen-bond donors (Lipinski definition) is 1. The molecule has 0 fully saturated rings. The van der Waals surface area contributed by atoms with E-state index >= 15 is 0 Å². The zero-order valence-electron chi connectivity index (χ0n) is 10.8. The van der Waals surface area contributed by atoms with Crippen LogP contribution in [-0.2, 0) is 12.7 Å². The Bertz CT molecular complexity index is 586. The van der Waals surface area contributed by atoms with Crippen LogP contribution in [0.15, 0.2) is 24.3 Å². The number of aliphatic hydroxyl groups is 1. The molecule has 0 bridgehead atoms. The van der Waals surface area contributed by atoms with Crippen molar-refractivity contribution in [1.82, 2.24) is 4.57 Å². The van der Waals surface area contributed by atoms with Crippen molar-refractivity contribution < 1.29 is 18.3 Å². The van der Waals surface area contributed by atoms with Gasteiger partial charge in [-0.1, -0.05) is 13.0 Å². The van der Waals surface area contributed by atoms with Crippen molar-refractivity contribution in [3.05, 3.63) is 35.5 Å². The van der Waals surface area contributed by atoms with Gasteiger partial charge in [-0.15, -0.1) is 0 Å². The van der Waals surface area contributed by atoms with Crippen LogP contribution >= 0.6 is 0 Å². The van der Waals surface area contributed by atoms with Crippen LogP contribution in [-0.4, -0.2) is 16.3 Å². The van der Waals surface area contributed by atoms with Crippen molar-refractivity contribution in [2.24, 2.45) is 0 Å². The summed E-state index contributed by atoms with van der Waals surface area (Å²) in [5.41, 5.74) is 0.781. The Morgan fingerprint density at radius 1 is 1.26 bits per heavy atom. The second-order valence-electron chi connectivity index (χ2n) is 4.67. The normalized spacial score (nSPS) is 14.0. The van der Waals surface area contributed by atoms with Gasteiger partial charge < -0.3 is 9.67 Å². The number of aliphatic hydroxyl groups excluding tert-OH is 1. The second-order valence-corrected chi connectivity index (χ2v) is 4.67. The number of rotatable bonds is 3. The summed E-state index contributed by atoms with van der Waals surface area (Å²) in [6.45, 7) is 4.28. The molecule has 2 nitrogen and oxygen atoms in total. The summed E-state index contributed by atoms with van der Waals surface area (Å²) in [5.74, 6) is -0.0957. The Morgan fingerprint density at radius 2 is 1.95 bits per heavy atom. The van der Waals surface area contributed by atoms with Gasteiger partial charge in [-0.25, -0.2) is 0 Å². The zero-order valence-corrected chi connectivity index (χ0v) is 10.8. The third-order valence-corrected chi connectivity index (χ3v) is 3.36. The number of fused-ring (bicyclic) bond motifs is 1. The van der Waals surface area contributed by atoms with E-state index in [1.54, 1.807) is 0 Å². The summed E-state index contributed by atoms with van der Waals surface area (Å²) in [5, 5.41) is 9.99. The highest BCUT2D eigenvalue weighted by atomic mass is 19.4. The van der Waals surface area contributed by atoms with Gasteiger partial charge in [0, 0.05) is 23.7 Å². The minimum absolute atomic E-state index is 0.0253. The number of hydrogen-bond acceptors (Lipinski definition) is 1. The van der Waals surface area contributed by atoms with E-state index in [2.05, 4.69) is 0 Å². The third-order valence-electron chi connectivity index (χ3n) is 3.36. The monoisotopic (exact) mass is 271 g/mol. The molecule has 2 rings (SSSR count). The molecule has 1 N–H and O–H groups in total. The first-order valence-electron chi connectivity index (χ1n) is 6.19. The highest BCUT2D eigenvalue weighted by Crippen LogP contribution is 2.33. The van der Waals surface area contributed by atoms with Crippen LogP contribution in [0.2, 0.25) is 0 Å². The molecule has 0 aliphatic carbocycles. The molecule has 0 spiro atoms. The molecule has 0 aliphatic rings. The lowest BCUT2D eigenvalue weighted by atomic mass is 10.1. The molecule has 0 saturated heterocycles. The van der Waals surface area contributed by atoms with Gasteiger partial charge in [-0.2, -0.15) is 13.2 Å². The van der Waals surface area contributed by atoms with Gasteiger partial charge in [0.05, 0.1) is 12.2 Å². The number of aromatic nitrogens is 1. The van der Waals surface area contributed by atoms with Gasteiger partial charge in [-0.05, 0) is 30.5 Å². The van der Waals surface area contributed by atoms with Crippen molar-refractivity contribution in [2.75, 3.05) is 6.61 Å². The average molecular weight is 271 g/mol. The molecule has 5 heteroatoms. The molecule has 0 saturated carbocycles. The Morgan fingerprint density at radius 3 is 2.47 bits per heavy atom. The topological polar surface area (TPSA) is 25.2 Å². The smallest absolute Gasteiger partial charge is 0.396 e. The van der Waals surface area contributed by atoms with E-state index in [9.17, 15) is 18.3 Å². The van der Waals surface area contributed by atoms with Crippen LogP contribution in [0.4, 0.5) is 13.2 Å². The van der Waals surface area contributed by atoms with Crippen LogP contribution in [0.3, 0.4) is 0 Å². The van der Waals surface area contributed by atoms with E-state index in [0.29, 0.717) is 12.1 Å². The van der Waals surface area contributed by atoms with Crippen LogP contribution in [0.5, 0.6) is 0 Å². The molecular weight excluding hydrogens is 255 g/mol. The highest BCUT2D eigenvalue weighted by molar-refractivity contribution is 5.82. The minimum atomic E-state index is -4.33. The lowest BCUT2D eigenvalue weighted by Crippen LogP contribution is -2.08. The molecule has 1 aromatic heterocycles. The lowest BCUT2D eigenvalue weighted by Gasteiger charge is -2.13. The number of benzene rings is 1. The largest absolute Gasteiger partial charge is 0.416 e. The Hall–Kier alpha value is -1.49. The van der Waals surface area contributed by atoms with Crippen LogP contribution in [0.1, 0.15) is 31.0 Å². The van der Waals surface area contributed by atoms with E-state index in [-0.39, 0.29) is 12.5 Å². The lowest BCUT2D eigenvalue weighted by molar-refractivity contribution is -0.137. The molecular formula is C14H16F3NO. The fourth-order valence-electron chi connectivity index (χ4n) is 2.31. The Kier molecular flexibility index (Phi) is 3.58. The Balaban J connectivity index is 2.65. The summed E-state index contributed by atoms with van der Waals surface area (Å²) in [4.78, 5) is 0. The van der Waals surface area contributed by atoms with Gasteiger partial charge in [0.2, 0.25) is 0 Å². The molecule has 1 heterocycles. The van der Waals surface area contributed by atoms with Crippen molar-refractivity contribution in [3.8, 4) is 0 Å². The van der Waals surface area contributed by atoms with E-state index in [1.165, 1.54) is 12.1 Å². The first-order chi connectivity index (χ1) is 8.88. The van der Waals surface area contributed by atoms with Gasteiger partial charge in [-0.3, -0.25) is 0 Å². The summed E-state index contributed by atoms with van der Waals surface area (Å²) in [6, 6.07) is 5.60. The molecule has 0 amide bonds. The van der Waals surface area contributed by atoms with E-state index in [4.69, 9.17) is 0 Å². The molecule has 1 aromatic carbocycles. The SMILES string of the molecule is CCn1c(C(C)CO)cc2ccc(C(F)(F)F)cc21. The average Bonchev–Trinajstić information content (AvgIpc) is 2.74. The summed E-state index contributed by atoms with van der Waals surface area (Å²) >= 11 is 0. The summed E-state index contributed by atoms with van der Waals surface area (Å²) in [7, 11) is 0. The molecule has 0 radical (unpaired) electrons. The van der Waals surface area contributed by atoms with Crippen LogP contribution < -0.4 is 0 Å². The number of halogens is 3.